The van der Waals surface area contributed by atoms with E-state index in [-0.39, 0.29) is 18.0 Å². The SMILES string of the molecule is Cc1ccc(F)c(N(C#N)Cc2csc(CS(C)(=O)=O)n2)c1. The highest BCUT2D eigenvalue weighted by Gasteiger charge is 2.15. The molecule has 8 heteroatoms. The highest BCUT2D eigenvalue weighted by atomic mass is 32.2. The molecule has 1 heterocycles. The van der Waals surface area contributed by atoms with Gasteiger partial charge in [-0.3, -0.25) is 4.90 Å². The van der Waals surface area contributed by atoms with Gasteiger partial charge in [0, 0.05) is 11.6 Å². The first-order valence-corrected chi connectivity index (χ1v) is 9.27. The maximum absolute atomic E-state index is 13.8. The fourth-order valence-electron chi connectivity index (χ4n) is 1.88. The molecule has 0 aliphatic carbocycles. The van der Waals surface area contributed by atoms with Crippen molar-refractivity contribution < 1.29 is 12.8 Å². The van der Waals surface area contributed by atoms with Crippen molar-refractivity contribution >= 4 is 26.9 Å². The van der Waals surface area contributed by atoms with Crippen LogP contribution in [0, 0.1) is 24.2 Å². The summed E-state index contributed by atoms with van der Waals surface area (Å²) in [4.78, 5) is 5.38. The zero-order chi connectivity index (χ0) is 16.3. The number of nitriles is 1. The molecule has 1 aromatic heterocycles. The number of hydrogen-bond acceptors (Lipinski definition) is 6. The largest absolute Gasteiger partial charge is 0.270 e. The molecular formula is C14H14FN3O2S2. The third-order valence-electron chi connectivity index (χ3n) is 2.82. The molecule has 0 spiro atoms. The fraction of sp³-hybridized carbons (Fsp3) is 0.286. The van der Waals surface area contributed by atoms with E-state index in [4.69, 9.17) is 0 Å². The number of thiazole rings is 1. The van der Waals surface area contributed by atoms with Crippen LogP contribution >= 0.6 is 11.3 Å². The topological polar surface area (TPSA) is 74.1 Å². The highest BCUT2D eigenvalue weighted by molar-refractivity contribution is 7.90. The molecule has 22 heavy (non-hydrogen) atoms. The summed E-state index contributed by atoms with van der Waals surface area (Å²) in [6.07, 6.45) is 3.07. The third-order valence-corrected chi connectivity index (χ3v) is 4.70. The standard InChI is InChI=1S/C14H14FN3O2S2/c1-10-3-4-12(15)13(5-10)18(9-16)6-11-7-21-14(17-11)8-22(2,19)20/h3-5,7H,6,8H2,1-2H3. The van der Waals surface area contributed by atoms with Gasteiger partial charge in [0.1, 0.15) is 16.6 Å². The predicted molar refractivity (Wildman–Crippen MR) is 83.6 cm³/mol. The molecular weight excluding hydrogens is 325 g/mol. The van der Waals surface area contributed by atoms with Crippen LogP contribution in [-0.2, 0) is 22.1 Å². The average molecular weight is 339 g/mol. The Hall–Kier alpha value is -1.98. The van der Waals surface area contributed by atoms with Gasteiger partial charge >= 0.3 is 0 Å². The maximum atomic E-state index is 13.8. The number of nitrogens with zero attached hydrogens (tertiary/aromatic N) is 3. The van der Waals surface area contributed by atoms with Crippen molar-refractivity contribution in [2.45, 2.75) is 19.2 Å². The molecule has 0 aliphatic heterocycles. The summed E-state index contributed by atoms with van der Waals surface area (Å²) < 4.78 is 36.3. The van der Waals surface area contributed by atoms with Crippen LogP contribution in [0.2, 0.25) is 0 Å². The first-order valence-electron chi connectivity index (χ1n) is 6.33. The summed E-state index contributed by atoms with van der Waals surface area (Å²) in [5, 5.41) is 11.4. The molecule has 5 nitrogen and oxygen atoms in total. The minimum Gasteiger partial charge on any atom is -0.270 e. The van der Waals surface area contributed by atoms with Gasteiger partial charge in [-0.2, -0.15) is 5.26 Å². The van der Waals surface area contributed by atoms with E-state index in [1.54, 1.807) is 17.5 Å². The van der Waals surface area contributed by atoms with Crippen LogP contribution in [0.3, 0.4) is 0 Å². The summed E-state index contributed by atoms with van der Waals surface area (Å²) in [6, 6.07) is 4.52. The van der Waals surface area contributed by atoms with Gasteiger partial charge in [-0.05, 0) is 24.6 Å². The molecule has 116 valence electrons. The Kier molecular flexibility index (Phi) is 4.78. The van der Waals surface area contributed by atoms with Crippen molar-refractivity contribution in [2.75, 3.05) is 11.2 Å². The molecule has 0 aliphatic rings. The van der Waals surface area contributed by atoms with Crippen molar-refractivity contribution in [3.8, 4) is 6.19 Å². The Balaban J connectivity index is 2.21. The number of benzene rings is 1. The van der Waals surface area contributed by atoms with Crippen LogP contribution in [0.15, 0.2) is 23.6 Å². The number of rotatable bonds is 5. The highest BCUT2D eigenvalue weighted by Crippen LogP contribution is 2.23. The lowest BCUT2D eigenvalue weighted by Crippen LogP contribution is -2.17. The van der Waals surface area contributed by atoms with Crippen LogP contribution in [0.4, 0.5) is 10.1 Å². The number of anilines is 1. The second-order valence-electron chi connectivity index (χ2n) is 4.94. The minimum atomic E-state index is -3.15. The monoisotopic (exact) mass is 339 g/mol. The second kappa shape index (κ2) is 6.42. The lowest BCUT2D eigenvalue weighted by Gasteiger charge is -2.15. The molecule has 0 radical (unpaired) electrons. The van der Waals surface area contributed by atoms with Crippen molar-refractivity contribution in [3.63, 3.8) is 0 Å². The van der Waals surface area contributed by atoms with Gasteiger partial charge in [0.15, 0.2) is 16.0 Å². The molecule has 0 bridgehead atoms. The van der Waals surface area contributed by atoms with Crippen LogP contribution in [0.25, 0.3) is 0 Å². The van der Waals surface area contributed by atoms with E-state index in [9.17, 15) is 18.1 Å². The van der Waals surface area contributed by atoms with Crippen molar-refractivity contribution in [1.82, 2.24) is 4.98 Å². The third kappa shape index (κ3) is 4.26. The molecule has 1 aromatic carbocycles. The Labute approximate surface area is 132 Å². The number of hydrogen-bond donors (Lipinski definition) is 0. The van der Waals surface area contributed by atoms with Crippen molar-refractivity contribution in [1.29, 1.82) is 5.26 Å². The van der Waals surface area contributed by atoms with E-state index in [1.807, 2.05) is 13.1 Å². The van der Waals surface area contributed by atoms with E-state index in [1.165, 1.54) is 22.3 Å². The minimum absolute atomic E-state index is 0.0944. The maximum Gasteiger partial charge on any atom is 0.184 e. The van der Waals surface area contributed by atoms with Gasteiger partial charge in [-0.25, -0.2) is 17.8 Å². The smallest absolute Gasteiger partial charge is 0.184 e. The van der Waals surface area contributed by atoms with Gasteiger partial charge in [-0.1, -0.05) is 6.07 Å². The number of halogens is 1. The Bertz CT molecular complexity index is 825. The van der Waals surface area contributed by atoms with Crippen LogP contribution < -0.4 is 4.90 Å². The van der Waals surface area contributed by atoms with E-state index >= 15 is 0 Å². The molecule has 2 rings (SSSR count). The summed E-state index contributed by atoms with van der Waals surface area (Å²) in [7, 11) is -3.15. The zero-order valence-electron chi connectivity index (χ0n) is 12.1. The first-order chi connectivity index (χ1) is 10.3. The van der Waals surface area contributed by atoms with Crippen molar-refractivity contribution in [2.24, 2.45) is 0 Å². The normalized spacial score (nSPS) is 11.2. The predicted octanol–water partition coefficient (Wildman–Crippen LogP) is 2.62. The average Bonchev–Trinajstić information content (AvgIpc) is 2.84. The van der Waals surface area contributed by atoms with E-state index in [2.05, 4.69) is 4.98 Å². The first kappa shape index (κ1) is 16.4. The molecule has 0 N–H and O–H groups in total. The Morgan fingerprint density at radius 2 is 2.18 bits per heavy atom. The molecule has 0 unspecified atom stereocenters. The molecule has 0 saturated heterocycles. The molecule has 0 saturated carbocycles. The van der Waals surface area contributed by atoms with Crippen LogP contribution in [0.5, 0.6) is 0 Å². The summed E-state index contributed by atoms with van der Waals surface area (Å²) in [5.74, 6) is -0.623. The fourth-order valence-corrected chi connectivity index (χ4v) is 3.87. The molecule has 0 atom stereocenters. The van der Waals surface area contributed by atoms with Gasteiger partial charge in [-0.15, -0.1) is 11.3 Å². The van der Waals surface area contributed by atoms with Crippen LogP contribution in [-0.4, -0.2) is 19.7 Å². The number of aromatic nitrogens is 1. The Morgan fingerprint density at radius 3 is 2.82 bits per heavy atom. The summed E-state index contributed by atoms with van der Waals surface area (Å²) in [6.45, 7) is 1.91. The van der Waals surface area contributed by atoms with Gasteiger partial charge in [0.2, 0.25) is 0 Å². The van der Waals surface area contributed by atoms with Crippen LogP contribution in [0.1, 0.15) is 16.3 Å². The lowest BCUT2D eigenvalue weighted by molar-refractivity contribution is 0.601. The second-order valence-corrected chi connectivity index (χ2v) is 8.03. The van der Waals surface area contributed by atoms with E-state index in [0.717, 1.165) is 11.8 Å². The quantitative estimate of drug-likeness (QED) is 0.618. The van der Waals surface area contributed by atoms with Gasteiger partial charge < -0.3 is 0 Å². The molecule has 0 fully saturated rings. The number of sulfone groups is 1. The number of aryl methyl sites for hydroxylation is 1. The molecule has 2 aromatic rings. The zero-order valence-corrected chi connectivity index (χ0v) is 13.7. The van der Waals surface area contributed by atoms with Gasteiger partial charge in [0.05, 0.1) is 17.9 Å². The van der Waals surface area contributed by atoms with Gasteiger partial charge in [0.25, 0.3) is 0 Å². The Morgan fingerprint density at radius 1 is 1.45 bits per heavy atom. The lowest BCUT2D eigenvalue weighted by atomic mass is 10.2. The molecule has 0 amide bonds. The van der Waals surface area contributed by atoms with E-state index < -0.39 is 15.7 Å². The summed E-state index contributed by atoms with van der Waals surface area (Å²) in [5.41, 5.74) is 1.55. The van der Waals surface area contributed by atoms with Crippen molar-refractivity contribution in [3.05, 3.63) is 45.7 Å². The van der Waals surface area contributed by atoms with E-state index in [0.29, 0.717) is 10.7 Å². The summed E-state index contributed by atoms with van der Waals surface area (Å²) >= 11 is 1.21.